The van der Waals surface area contributed by atoms with Crippen LogP contribution in [0, 0.1) is 20.8 Å². The van der Waals surface area contributed by atoms with E-state index in [1.54, 1.807) is 13.8 Å². The van der Waals surface area contributed by atoms with Crippen molar-refractivity contribution in [2.45, 2.75) is 44.7 Å². The Morgan fingerprint density at radius 1 is 1.03 bits per heavy atom. The summed E-state index contributed by atoms with van der Waals surface area (Å²) in [7, 11) is -3.85. The largest absolute Gasteiger partial charge is 0.360 e. The van der Waals surface area contributed by atoms with Crippen LogP contribution >= 0.6 is 0 Å². The number of hydrogen-bond donors (Lipinski definition) is 2. The van der Waals surface area contributed by atoms with Gasteiger partial charge in [-0.3, -0.25) is 9.59 Å². The lowest BCUT2D eigenvalue weighted by Gasteiger charge is -2.35. The Hall–Kier alpha value is -2.75. The summed E-state index contributed by atoms with van der Waals surface area (Å²) in [5.74, 6) is -1.58. The minimum absolute atomic E-state index is 0.117. The summed E-state index contributed by atoms with van der Waals surface area (Å²) >= 11 is 0. The highest BCUT2D eigenvalue weighted by Crippen LogP contribution is 2.28. The summed E-state index contributed by atoms with van der Waals surface area (Å²) in [4.78, 5) is 24.6. The third-order valence-electron chi connectivity index (χ3n) is 5.51. The number of carbonyl (C=O) groups is 2. The van der Waals surface area contributed by atoms with Gasteiger partial charge in [-0.25, -0.2) is 8.42 Å². The molecule has 1 saturated heterocycles. The zero-order chi connectivity index (χ0) is 24.0. The molecule has 1 aliphatic rings. The van der Waals surface area contributed by atoms with Gasteiger partial charge < -0.3 is 15.4 Å². The van der Waals surface area contributed by atoms with Gasteiger partial charge in [-0.1, -0.05) is 48.0 Å². The number of nitrogens with one attached hydrogen (secondary N) is 2. The van der Waals surface area contributed by atoms with E-state index >= 15 is 0 Å². The van der Waals surface area contributed by atoms with E-state index in [0.29, 0.717) is 37.1 Å². The summed E-state index contributed by atoms with van der Waals surface area (Å²) in [5, 5.41) is 5.09. The molecule has 1 fully saturated rings. The molecule has 2 aromatic carbocycles. The molecule has 0 spiro atoms. The lowest BCUT2D eigenvalue weighted by molar-refractivity contribution is -0.140. The van der Waals surface area contributed by atoms with E-state index in [9.17, 15) is 18.0 Å². The number of sulfonamides is 1. The SMILES string of the molecule is Cc1cc(C)c(S(=O)(=O)N2CCCO[C@@H]2CNC(=O)C(=O)NCCc2ccccc2)c(C)c1. The van der Waals surface area contributed by atoms with Gasteiger partial charge in [-0.2, -0.15) is 4.31 Å². The van der Waals surface area contributed by atoms with Gasteiger partial charge in [0.1, 0.15) is 6.23 Å². The molecule has 178 valence electrons. The molecule has 0 bridgehead atoms. The molecule has 0 aromatic heterocycles. The predicted octanol–water partition coefficient (Wildman–Crippen LogP) is 1.82. The van der Waals surface area contributed by atoms with Gasteiger partial charge >= 0.3 is 11.8 Å². The van der Waals surface area contributed by atoms with Gasteiger partial charge in [0.2, 0.25) is 10.0 Å². The van der Waals surface area contributed by atoms with Crippen LogP contribution in [-0.4, -0.2) is 57.0 Å². The van der Waals surface area contributed by atoms with Gasteiger partial charge in [-0.05, 0) is 50.3 Å². The summed E-state index contributed by atoms with van der Waals surface area (Å²) in [6.45, 7) is 6.32. The monoisotopic (exact) mass is 473 g/mol. The van der Waals surface area contributed by atoms with Crippen LogP contribution in [0.2, 0.25) is 0 Å². The van der Waals surface area contributed by atoms with Crippen LogP contribution in [0.3, 0.4) is 0 Å². The molecular formula is C24H31N3O5S. The molecule has 0 unspecified atom stereocenters. The van der Waals surface area contributed by atoms with Crippen LogP contribution < -0.4 is 10.6 Å². The number of benzene rings is 2. The molecule has 1 atom stereocenters. The molecule has 0 aliphatic carbocycles. The topological polar surface area (TPSA) is 105 Å². The van der Waals surface area contributed by atoms with Crippen LogP contribution in [0.25, 0.3) is 0 Å². The average molecular weight is 474 g/mol. The van der Waals surface area contributed by atoms with Gasteiger partial charge in [-0.15, -0.1) is 0 Å². The van der Waals surface area contributed by atoms with Gasteiger partial charge in [0.25, 0.3) is 0 Å². The average Bonchev–Trinajstić information content (AvgIpc) is 2.77. The second-order valence-electron chi connectivity index (χ2n) is 8.22. The molecular weight excluding hydrogens is 442 g/mol. The minimum Gasteiger partial charge on any atom is -0.360 e. The van der Waals surface area contributed by atoms with Crippen molar-refractivity contribution < 1.29 is 22.7 Å². The maximum Gasteiger partial charge on any atom is 0.309 e. The molecule has 0 radical (unpaired) electrons. The second-order valence-corrected chi connectivity index (χ2v) is 10.1. The molecule has 2 N–H and O–H groups in total. The Kier molecular flexibility index (Phi) is 8.23. The van der Waals surface area contributed by atoms with Crippen molar-refractivity contribution in [3.63, 3.8) is 0 Å². The van der Waals surface area contributed by atoms with Crippen LogP contribution in [0.5, 0.6) is 0 Å². The third kappa shape index (κ3) is 6.19. The lowest BCUT2D eigenvalue weighted by Crippen LogP contribution is -2.53. The molecule has 8 nitrogen and oxygen atoms in total. The van der Waals surface area contributed by atoms with E-state index in [1.165, 1.54) is 4.31 Å². The number of rotatable bonds is 7. The zero-order valence-corrected chi connectivity index (χ0v) is 20.1. The fourth-order valence-electron chi connectivity index (χ4n) is 4.10. The lowest BCUT2D eigenvalue weighted by atomic mass is 10.1. The van der Waals surface area contributed by atoms with Crippen molar-refractivity contribution >= 4 is 21.8 Å². The van der Waals surface area contributed by atoms with E-state index in [4.69, 9.17) is 4.74 Å². The number of amides is 2. The van der Waals surface area contributed by atoms with Gasteiger partial charge in [0.15, 0.2) is 0 Å². The number of aryl methyl sites for hydroxylation is 3. The molecule has 3 rings (SSSR count). The molecule has 2 aromatic rings. The first-order chi connectivity index (χ1) is 15.7. The fraction of sp³-hybridized carbons (Fsp3) is 0.417. The Balaban J connectivity index is 1.61. The summed E-state index contributed by atoms with van der Waals surface area (Å²) in [6.07, 6.45) is 0.269. The van der Waals surface area contributed by atoms with Crippen molar-refractivity contribution in [1.82, 2.24) is 14.9 Å². The Labute approximate surface area is 195 Å². The number of nitrogens with zero attached hydrogens (tertiary/aromatic N) is 1. The third-order valence-corrected chi connectivity index (χ3v) is 7.71. The maximum absolute atomic E-state index is 13.5. The zero-order valence-electron chi connectivity index (χ0n) is 19.3. The van der Waals surface area contributed by atoms with Crippen molar-refractivity contribution in [1.29, 1.82) is 0 Å². The fourth-order valence-corrected chi connectivity index (χ4v) is 6.08. The van der Waals surface area contributed by atoms with Crippen molar-refractivity contribution in [2.75, 3.05) is 26.2 Å². The minimum atomic E-state index is -3.85. The summed E-state index contributed by atoms with van der Waals surface area (Å²) in [6, 6.07) is 13.3. The Bertz CT molecular complexity index is 1080. The maximum atomic E-state index is 13.5. The molecule has 0 saturated carbocycles. The second kappa shape index (κ2) is 10.9. The molecule has 1 heterocycles. The van der Waals surface area contributed by atoms with Crippen molar-refractivity contribution in [3.8, 4) is 0 Å². The quantitative estimate of drug-likeness (QED) is 0.597. The summed E-state index contributed by atoms with van der Waals surface area (Å²) < 4.78 is 33.9. The first kappa shape index (κ1) is 24.9. The molecule has 2 amide bonds. The van der Waals surface area contributed by atoms with Crippen LogP contribution in [0.1, 0.15) is 28.7 Å². The Morgan fingerprint density at radius 3 is 2.33 bits per heavy atom. The first-order valence-corrected chi connectivity index (χ1v) is 12.5. The number of hydrogen-bond acceptors (Lipinski definition) is 5. The van der Waals surface area contributed by atoms with E-state index in [2.05, 4.69) is 10.6 Å². The molecule has 1 aliphatic heterocycles. The highest BCUT2D eigenvalue weighted by Gasteiger charge is 2.36. The van der Waals surface area contributed by atoms with E-state index in [1.807, 2.05) is 49.4 Å². The standard InChI is InChI=1S/C24H31N3O5S/c1-17-14-18(2)22(19(3)15-17)33(30,31)27-12-7-13-32-21(27)16-26-24(29)23(28)25-11-10-20-8-5-4-6-9-20/h4-6,8-9,14-15,21H,7,10-13,16H2,1-3H3,(H,25,28)(H,26,29)/t21-/m1/s1. The van der Waals surface area contributed by atoms with E-state index < -0.39 is 28.1 Å². The highest BCUT2D eigenvalue weighted by molar-refractivity contribution is 7.89. The normalized spacial score (nSPS) is 16.9. The highest BCUT2D eigenvalue weighted by atomic mass is 32.2. The van der Waals surface area contributed by atoms with Crippen molar-refractivity contribution in [2.24, 2.45) is 0 Å². The number of ether oxygens (including phenoxy) is 1. The van der Waals surface area contributed by atoms with Crippen LogP contribution in [-0.2, 0) is 30.8 Å². The van der Waals surface area contributed by atoms with Gasteiger partial charge in [0.05, 0.1) is 18.0 Å². The first-order valence-electron chi connectivity index (χ1n) is 11.0. The predicted molar refractivity (Wildman–Crippen MR) is 125 cm³/mol. The number of carbonyl (C=O) groups excluding carboxylic acids is 2. The molecule has 33 heavy (non-hydrogen) atoms. The van der Waals surface area contributed by atoms with E-state index in [0.717, 1.165) is 11.1 Å². The van der Waals surface area contributed by atoms with Crippen LogP contribution in [0.15, 0.2) is 47.4 Å². The smallest absolute Gasteiger partial charge is 0.309 e. The van der Waals surface area contributed by atoms with E-state index in [-0.39, 0.29) is 18.0 Å². The van der Waals surface area contributed by atoms with Crippen molar-refractivity contribution in [3.05, 3.63) is 64.7 Å². The van der Waals surface area contributed by atoms with Crippen LogP contribution in [0.4, 0.5) is 0 Å². The Morgan fingerprint density at radius 2 is 1.67 bits per heavy atom. The summed E-state index contributed by atoms with van der Waals surface area (Å²) in [5.41, 5.74) is 3.37. The van der Waals surface area contributed by atoms with Gasteiger partial charge in [0, 0.05) is 13.1 Å². The molecule has 9 heteroatoms.